The van der Waals surface area contributed by atoms with Crippen molar-refractivity contribution in [3.05, 3.63) is 23.8 Å². The summed E-state index contributed by atoms with van der Waals surface area (Å²) in [6.07, 6.45) is 3.04. The van der Waals surface area contributed by atoms with E-state index in [1.54, 1.807) is 19.2 Å². The van der Waals surface area contributed by atoms with Gasteiger partial charge in [-0.2, -0.15) is 12.1 Å². The van der Waals surface area contributed by atoms with Crippen LogP contribution in [0.3, 0.4) is 0 Å². The normalized spacial score (nSPS) is 8.67. The summed E-state index contributed by atoms with van der Waals surface area (Å²) in [7, 11) is 1.55. The molecule has 0 aliphatic heterocycles. The van der Waals surface area contributed by atoms with Gasteiger partial charge in [0, 0.05) is 5.75 Å². The summed E-state index contributed by atoms with van der Waals surface area (Å²) in [4.78, 5) is 0. The molecule has 0 saturated heterocycles. The molecule has 80 valence electrons. The average molecular weight is 220 g/mol. The van der Waals surface area contributed by atoms with E-state index in [-0.39, 0.29) is 40.8 Å². The van der Waals surface area contributed by atoms with Crippen molar-refractivity contribution in [1.82, 2.24) is 0 Å². The number of phenols is 1. The minimum Gasteiger partial charge on any atom is -0.562 e. The second-order valence-corrected chi connectivity index (χ2v) is 2.98. The van der Waals surface area contributed by atoms with E-state index in [1.807, 2.05) is 0 Å². The van der Waals surface area contributed by atoms with Crippen LogP contribution in [0.25, 0.3) is 0 Å². The summed E-state index contributed by atoms with van der Waals surface area (Å²) in [5.74, 6) is 0.767. The van der Waals surface area contributed by atoms with Crippen molar-refractivity contribution in [2.75, 3.05) is 7.11 Å². The first-order chi connectivity index (χ1) is 6.29. The van der Waals surface area contributed by atoms with Gasteiger partial charge < -0.3 is 15.3 Å². The quantitative estimate of drug-likeness (QED) is 0.507. The van der Waals surface area contributed by atoms with E-state index in [1.165, 1.54) is 0 Å². The fourth-order valence-electron chi connectivity index (χ4n) is 1.22. The zero-order chi connectivity index (χ0) is 9.68. The van der Waals surface area contributed by atoms with Crippen LogP contribution in [0.2, 0.25) is 0 Å². The van der Waals surface area contributed by atoms with Crippen LogP contribution in [0, 0.1) is 6.07 Å². The summed E-state index contributed by atoms with van der Waals surface area (Å²) in [6.45, 7) is 2.12. The first kappa shape index (κ1) is 17.2. The minimum atomic E-state index is 0. The number of benzene rings is 1. The van der Waals surface area contributed by atoms with Crippen molar-refractivity contribution in [3.63, 3.8) is 0 Å². The van der Waals surface area contributed by atoms with Crippen molar-refractivity contribution < 1.29 is 44.9 Å². The Hall–Kier alpha value is -0.220. The third-order valence-corrected chi connectivity index (χ3v) is 2.01. The van der Waals surface area contributed by atoms with E-state index in [0.717, 1.165) is 24.8 Å². The number of aryl methyl sites for hydroxylation is 1. The first-order valence-corrected chi connectivity index (χ1v) is 4.56. The molecule has 0 radical (unpaired) electrons. The predicted molar refractivity (Wildman–Crippen MR) is 55.7 cm³/mol. The van der Waals surface area contributed by atoms with Gasteiger partial charge in [-0.1, -0.05) is 19.8 Å². The van der Waals surface area contributed by atoms with Gasteiger partial charge in [0.25, 0.3) is 0 Å². The smallest absolute Gasteiger partial charge is 0.562 e. The Balaban J connectivity index is 0. The van der Waals surface area contributed by atoms with Gasteiger partial charge in [-0.05, 0) is 6.42 Å². The Kier molecular flexibility index (Phi) is 10.4. The minimum absolute atomic E-state index is 0. The molecule has 3 nitrogen and oxygen atoms in total. The van der Waals surface area contributed by atoms with Gasteiger partial charge in [0.05, 0.1) is 12.9 Å². The molecule has 0 heterocycles. The molecular formula is C11H17NaO3. The van der Waals surface area contributed by atoms with Crippen LogP contribution in [0.1, 0.15) is 25.3 Å². The summed E-state index contributed by atoms with van der Waals surface area (Å²) >= 11 is 0. The van der Waals surface area contributed by atoms with Crippen LogP contribution in [0.15, 0.2) is 12.1 Å². The summed E-state index contributed by atoms with van der Waals surface area (Å²) in [6, 6.07) is 6.51. The number of methoxy groups -OCH3 is 1. The third-order valence-electron chi connectivity index (χ3n) is 2.01. The topological polar surface area (TPSA) is 61.0 Å². The molecule has 0 aliphatic rings. The van der Waals surface area contributed by atoms with Gasteiger partial charge in [0.2, 0.25) is 0 Å². The molecule has 15 heavy (non-hydrogen) atoms. The molecule has 3 N–H and O–H groups in total. The molecule has 0 amide bonds. The van der Waals surface area contributed by atoms with Crippen LogP contribution in [0.4, 0.5) is 0 Å². The average Bonchev–Trinajstić information content (AvgIpc) is 2.16. The summed E-state index contributed by atoms with van der Waals surface area (Å²) in [5.41, 5.74) is 0.848. The van der Waals surface area contributed by atoms with Gasteiger partial charge in [0.1, 0.15) is 0 Å². The second kappa shape index (κ2) is 9.04. The maximum absolute atomic E-state index is 9.66. The molecule has 0 aromatic heterocycles. The van der Waals surface area contributed by atoms with Crippen LogP contribution in [0.5, 0.6) is 11.5 Å². The van der Waals surface area contributed by atoms with Gasteiger partial charge in [-0.15, -0.1) is 11.6 Å². The monoisotopic (exact) mass is 220 g/mol. The fourth-order valence-corrected chi connectivity index (χ4v) is 1.22. The largest absolute Gasteiger partial charge is 1.00 e. The SMILES string of the molecule is CCCCc1[c-]ccc(OC)c1O.O.[Na+]. The van der Waals surface area contributed by atoms with E-state index < -0.39 is 0 Å². The van der Waals surface area contributed by atoms with E-state index in [0.29, 0.717) is 5.75 Å². The molecule has 0 bridgehead atoms. The molecule has 0 aliphatic carbocycles. The molecule has 1 rings (SSSR count). The van der Waals surface area contributed by atoms with Crippen LogP contribution in [-0.4, -0.2) is 17.7 Å². The van der Waals surface area contributed by atoms with Gasteiger partial charge in [-0.25, -0.2) is 0 Å². The molecule has 0 fully saturated rings. The molecule has 0 atom stereocenters. The number of hydrogen-bond donors (Lipinski definition) is 1. The van der Waals surface area contributed by atoms with Crippen molar-refractivity contribution in [3.8, 4) is 11.5 Å². The Labute approximate surface area is 113 Å². The van der Waals surface area contributed by atoms with Crippen molar-refractivity contribution in [1.29, 1.82) is 0 Å². The number of rotatable bonds is 4. The molecule has 0 unspecified atom stereocenters. The van der Waals surface area contributed by atoms with Crippen LogP contribution in [-0.2, 0) is 6.42 Å². The third kappa shape index (κ3) is 4.89. The molecule has 4 heteroatoms. The standard InChI is InChI=1S/C11H15O2.Na.H2O/c1-3-4-6-9-7-5-8-10(13-2)11(9)12;;/h5,8,12H,3-4,6H2,1-2H3;;1H2/q-1;+1;. The van der Waals surface area contributed by atoms with Crippen LogP contribution < -0.4 is 34.3 Å². The summed E-state index contributed by atoms with van der Waals surface area (Å²) in [5, 5.41) is 9.66. The second-order valence-electron chi connectivity index (χ2n) is 2.98. The summed E-state index contributed by atoms with van der Waals surface area (Å²) < 4.78 is 5.00. The zero-order valence-corrected chi connectivity index (χ0v) is 11.6. The number of aromatic hydroxyl groups is 1. The molecular weight excluding hydrogens is 203 g/mol. The van der Waals surface area contributed by atoms with Crippen LogP contribution >= 0.6 is 0 Å². The molecule has 1 aromatic carbocycles. The predicted octanol–water partition coefficient (Wildman–Crippen LogP) is -1.28. The number of unbranched alkanes of at least 4 members (excludes halogenated alkanes) is 1. The van der Waals surface area contributed by atoms with Crippen molar-refractivity contribution >= 4 is 0 Å². The van der Waals surface area contributed by atoms with Gasteiger partial charge >= 0.3 is 29.6 Å². The Morgan fingerprint density at radius 2 is 2.13 bits per heavy atom. The Bertz CT molecular complexity index is 277. The van der Waals surface area contributed by atoms with Crippen molar-refractivity contribution in [2.45, 2.75) is 26.2 Å². The van der Waals surface area contributed by atoms with E-state index in [2.05, 4.69) is 13.0 Å². The molecule has 1 aromatic rings. The van der Waals surface area contributed by atoms with E-state index >= 15 is 0 Å². The number of ether oxygens (including phenoxy) is 1. The Morgan fingerprint density at radius 1 is 1.47 bits per heavy atom. The Morgan fingerprint density at radius 3 is 2.67 bits per heavy atom. The molecule has 0 spiro atoms. The first-order valence-electron chi connectivity index (χ1n) is 4.56. The van der Waals surface area contributed by atoms with E-state index in [9.17, 15) is 5.11 Å². The zero-order valence-electron chi connectivity index (χ0n) is 9.63. The maximum Gasteiger partial charge on any atom is 1.00 e. The fraction of sp³-hybridized carbons (Fsp3) is 0.455. The van der Waals surface area contributed by atoms with Gasteiger partial charge in [-0.3, -0.25) is 0 Å². The maximum atomic E-state index is 9.66. The number of hydrogen-bond acceptors (Lipinski definition) is 2. The van der Waals surface area contributed by atoms with Gasteiger partial charge in [0.15, 0.2) is 0 Å². The molecule has 0 saturated carbocycles. The number of phenolic OH excluding ortho intramolecular Hbond substituents is 1. The van der Waals surface area contributed by atoms with Crippen molar-refractivity contribution in [2.24, 2.45) is 0 Å². The van der Waals surface area contributed by atoms with E-state index in [4.69, 9.17) is 4.74 Å².